The molecule has 0 aliphatic rings. The molecule has 0 aliphatic carbocycles. The molecule has 0 aliphatic heterocycles. The fourth-order valence-corrected chi connectivity index (χ4v) is 2.25. The Bertz CT molecular complexity index is 721. The van der Waals surface area contributed by atoms with E-state index in [1.807, 2.05) is 16.7 Å². The number of anilines is 1. The normalized spacial score (nSPS) is 11.4. The molecule has 0 saturated heterocycles. The molecule has 6 nitrogen and oxygen atoms in total. The third-order valence-electron chi connectivity index (χ3n) is 3.16. The van der Waals surface area contributed by atoms with Gasteiger partial charge in [-0.05, 0) is 25.0 Å². The highest BCUT2D eigenvalue weighted by Crippen LogP contribution is 2.25. The second-order valence-electron chi connectivity index (χ2n) is 4.44. The Morgan fingerprint density at radius 1 is 1.26 bits per heavy atom. The summed E-state index contributed by atoms with van der Waals surface area (Å²) in [6, 6.07) is 3.85. The summed E-state index contributed by atoms with van der Waals surface area (Å²) >= 11 is 0. The molecule has 0 atom stereocenters. The van der Waals surface area contributed by atoms with E-state index in [0.29, 0.717) is 17.0 Å². The van der Waals surface area contributed by atoms with Gasteiger partial charge in [-0.25, -0.2) is 15.0 Å². The third-order valence-corrected chi connectivity index (χ3v) is 3.16. The SMILES string of the molecule is Nc1nc2ncccc2c2c1ncn2CCCCO. The van der Waals surface area contributed by atoms with E-state index in [0.717, 1.165) is 30.3 Å². The largest absolute Gasteiger partial charge is 0.396 e. The van der Waals surface area contributed by atoms with E-state index in [-0.39, 0.29) is 6.61 Å². The Morgan fingerprint density at radius 3 is 3.00 bits per heavy atom. The van der Waals surface area contributed by atoms with Gasteiger partial charge in [0.05, 0.1) is 11.8 Å². The van der Waals surface area contributed by atoms with Crippen molar-refractivity contribution in [2.24, 2.45) is 0 Å². The highest BCUT2D eigenvalue weighted by Gasteiger charge is 2.12. The summed E-state index contributed by atoms with van der Waals surface area (Å²) < 4.78 is 2.05. The van der Waals surface area contributed by atoms with Gasteiger partial charge in [-0.15, -0.1) is 0 Å². The molecule has 19 heavy (non-hydrogen) atoms. The molecular weight excluding hydrogens is 242 g/mol. The van der Waals surface area contributed by atoms with E-state index in [9.17, 15) is 0 Å². The quantitative estimate of drug-likeness (QED) is 0.688. The molecule has 3 heterocycles. The van der Waals surface area contributed by atoms with Crippen molar-refractivity contribution in [3.63, 3.8) is 0 Å². The summed E-state index contributed by atoms with van der Waals surface area (Å²) in [6.45, 7) is 1.00. The molecule has 0 saturated carbocycles. The second kappa shape index (κ2) is 4.81. The average Bonchev–Trinajstić information content (AvgIpc) is 2.84. The van der Waals surface area contributed by atoms with Crippen LogP contribution in [0.25, 0.3) is 22.1 Å². The van der Waals surface area contributed by atoms with Gasteiger partial charge >= 0.3 is 0 Å². The zero-order valence-electron chi connectivity index (χ0n) is 10.5. The van der Waals surface area contributed by atoms with E-state index >= 15 is 0 Å². The zero-order valence-corrected chi connectivity index (χ0v) is 10.5. The maximum Gasteiger partial charge on any atom is 0.163 e. The first-order valence-electron chi connectivity index (χ1n) is 6.27. The number of imidazole rings is 1. The van der Waals surface area contributed by atoms with Gasteiger partial charge < -0.3 is 15.4 Å². The molecule has 98 valence electrons. The van der Waals surface area contributed by atoms with Crippen molar-refractivity contribution in [1.29, 1.82) is 0 Å². The Labute approximate surface area is 109 Å². The smallest absolute Gasteiger partial charge is 0.163 e. The molecule has 3 N–H and O–H groups in total. The van der Waals surface area contributed by atoms with Gasteiger partial charge in [0.1, 0.15) is 5.52 Å². The van der Waals surface area contributed by atoms with E-state index < -0.39 is 0 Å². The van der Waals surface area contributed by atoms with E-state index in [4.69, 9.17) is 10.8 Å². The molecule has 0 fully saturated rings. The number of aliphatic hydroxyl groups is 1. The van der Waals surface area contributed by atoms with Crippen molar-refractivity contribution < 1.29 is 5.11 Å². The van der Waals surface area contributed by atoms with Crippen molar-refractivity contribution in [3.8, 4) is 0 Å². The number of nitrogens with zero attached hydrogens (tertiary/aromatic N) is 4. The maximum atomic E-state index is 8.86. The average molecular weight is 257 g/mol. The van der Waals surface area contributed by atoms with Crippen molar-refractivity contribution >= 4 is 27.9 Å². The van der Waals surface area contributed by atoms with Crippen molar-refractivity contribution in [1.82, 2.24) is 19.5 Å². The van der Waals surface area contributed by atoms with Crippen LogP contribution in [0.3, 0.4) is 0 Å². The van der Waals surface area contributed by atoms with Crippen LogP contribution in [-0.2, 0) is 6.54 Å². The van der Waals surface area contributed by atoms with Crippen LogP contribution in [0.4, 0.5) is 5.82 Å². The van der Waals surface area contributed by atoms with Gasteiger partial charge in [-0.3, -0.25) is 0 Å². The monoisotopic (exact) mass is 257 g/mol. The lowest BCUT2D eigenvalue weighted by atomic mass is 10.2. The van der Waals surface area contributed by atoms with E-state index in [1.54, 1.807) is 12.5 Å². The Hall–Kier alpha value is -2.21. The molecule has 3 rings (SSSR count). The van der Waals surface area contributed by atoms with E-state index in [2.05, 4.69) is 15.0 Å². The van der Waals surface area contributed by atoms with Crippen LogP contribution in [0, 0.1) is 0 Å². The molecular formula is C13H15N5O. The summed E-state index contributed by atoms with van der Waals surface area (Å²) in [7, 11) is 0. The number of unbranched alkanes of at least 4 members (excludes halogenated alkanes) is 1. The van der Waals surface area contributed by atoms with Crippen LogP contribution < -0.4 is 5.73 Å². The van der Waals surface area contributed by atoms with Gasteiger partial charge in [0, 0.05) is 24.7 Å². The molecule has 0 amide bonds. The van der Waals surface area contributed by atoms with Crippen LogP contribution >= 0.6 is 0 Å². The first-order valence-corrected chi connectivity index (χ1v) is 6.27. The summed E-state index contributed by atoms with van der Waals surface area (Å²) in [5, 5.41) is 9.81. The fourth-order valence-electron chi connectivity index (χ4n) is 2.25. The molecule has 0 unspecified atom stereocenters. The van der Waals surface area contributed by atoms with E-state index in [1.165, 1.54) is 0 Å². The Morgan fingerprint density at radius 2 is 2.16 bits per heavy atom. The van der Waals surface area contributed by atoms with Gasteiger partial charge in [-0.2, -0.15) is 0 Å². The zero-order chi connectivity index (χ0) is 13.2. The number of hydrogen-bond acceptors (Lipinski definition) is 5. The highest BCUT2D eigenvalue weighted by atomic mass is 16.2. The van der Waals surface area contributed by atoms with Gasteiger partial charge in [0.15, 0.2) is 11.5 Å². The predicted octanol–water partition coefficient (Wildman–Crippen LogP) is 1.33. The van der Waals surface area contributed by atoms with Crippen LogP contribution in [0.5, 0.6) is 0 Å². The number of nitrogens with two attached hydrogens (primary N) is 1. The summed E-state index contributed by atoms with van der Waals surface area (Å²) in [5.74, 6) is 0.405. The second-order valence-corrected chi connectivity index (χ2v) is 4.44. The molecule has 3 aromatic heterocycles. The summed E-state index contributed by atoms with van der Waals surface area (Å²) in [4.78, 5) is 12.8. The third kappa shape index (κ3) is 2.00. The number of hydrogen-bond donors (Lipinski definition) is 2. The van der Waals surface area contributed by atoms with Crippen LogP contribution in [-0.4, -0.2) is 31.2 Å². The lowest BCUT2D eigenvalue weighted by molar-refractivity contribution is 0.281. The number of rotatable bonds is 4. The van der Waals surface area contributed by atoms with Gasteiger partial charge in [0.25, 0.3) is 0 Å². The summed E-state index contributed by atoms with van der Waals surface area (Å²) in [6.07, 6.45) is 5.14. The van der Waals surface area contributed by atoms with Crippen LogP contribution in [0.1, 0.15) is 12.8 Å². The van der Waals surface area contributed by atoms with Crippen molar-refractivity contribution in [3.05, 3.63) is 24.7 Å². The molecule has 6 heteroatoms. The van der Waals surface area contributed by atoms with Crippen molar-refractivity contribution in [2.75, 3.05) is 12.3 Å². The van der Waals surface area contributed by atoms with Gasteiger partial charge in [-0.1, -0.05) is 0 Å². The standard InChI is InChI=1S/C13H15N5O/c14-12-10-11(9-4-3-5-15-13(9)17-12)18(8-16-10)6-1-2-7-19/h3-5,8,19H,1-2,6-7H2,(H2,14,15,17). The van der Waals surface area contributed by atoms with Crippen LogP contribution in [0.15, 0.2) is 24.7 Å². The minimum absolute atomic E-state index is 0.207. The molecule has 0 aromatic carbocycles. The van der Waals surface area contributed by atoms with Crippen molar-refractivity contribution in [2.45, 2.75) is 19.4 Å². The number of aliphatic hydroxyl groups excluding tert-OH is 1. The fraction of sp³-hybridized carbons (Fsp3) is 0.308. The predicted molar refractivity (Wildman–Crippen MR) is 73.6 cm³/mol. The van der Waals surface area contributed by atoms with Crippen LogP contribution in [0.2, 0.25) is 0 Å². The summed E-state index contributed by atoms with van der Waals surface area (Å²) in [5.41, 5.74) is 8.24. The molecule has 0 bridgehead atoms. The number of aromatic nitrogens is 4. The highest BCUT2D eigenvalue weighted by molar-refractivity contribution is 6.04. The first kappa shape index (κ1) is 11.9. The number of aryl methyl sites for hydroxylation is 1. The Balaban J connectivity index is 2.18. The minimum Gasteiger partial charge on any atom is -0.396 e. The number of fused-ring (bicyclic) bond motifs is 3. The molecule has 3 aromatic rings. The maximum absolute atomic E-state index is 8.86. The number of nitrogen functional groups attached to an aromatic ring is 1. The minimum atomic E-state index is 0.207. The molecule has 0 radical (unpaired) electrons. The number of pyridine rings is 2. The Kier molecular flexibility index (Phi) is 3.00. The first-order chi connectivity index (χ1) is 9.31. The molecule has 0 spiro atoms. The topological polar surface area (TPSA) is 89.9 Å². The van der Waals surface area contributed by atoms with Gasteiger partial charge in [0.2, 0.25) is 0 Å². The lowest BCUT2D eigenvalue weighted by Gasteiger charge is -2.06. The lowest BCUT2D eigenvalue weighted by Crippen LogP contribution is -2.00.